The van der Waals surface area contributed by atoms with Gasteiger partial charge in [0.1, 0.15) is 0 Å². The summed E-state index contributed by atoms with van der Waals surface area (Å²) in [5, 5.41) is 4.71. The lowest BCUT2D eigenvalue weighted by molar-refractivity contribution is 0.0789. The van der Waals surface area contributed by atoms with Gasteiger partial charge in [0.2, 0.25) is 0 Å². The second kappa shape index (κ2) is 6.53. The Bertz CT molecular complexity index is 962. The first kappa shape index (κ1) is 16.7. The number of pyridine rings is 1. The zero-order valence-electron chi connectivity index (χ0n) is 15.0. The van der Waals surface area contributed by atoms with Gasteiger partial charge >= 0.3 is 0 Å². The predicted octanol–water partition coefficient (Wildman–Crippen LogP) is 2.93. The molecule has 3 aromatic rings. The predicted molar refractivity (Wildman–Crippen MR) is 99.8 cm³/mol. The second-order valence-electron chi connectivity index (χ2n) is 7.01. The van der Waals surface area contributed by atoms with Crippen molar-refractivity contribution in [1.29, 1.82) is 0 Å². The fraction of sp³-hybridized carbons (Fsp3) is 0.350. The van der Waals surface area contributed by atoms with Gasteiger partial charge in [-0.05, 0) is 38.8 Å². The van der Waals surface area contributed by atoms with Crippen molar-refractivity contribution >= 4 is 17.0 Å². The summed E-state index contributed by atoms with van der Waals surface area (Å²) in [5.74, 6) is 0.365. The van der Waals surface area contributed by atoms with E-state index in [9.17, 15) is 4.79 Å². The summed E-state index contributed by atoms with van der Waals surface area (Å²) in [6, 6.07) is 9.92. The van der Waals surface area contributed by atoms with Gasteiger partial charge in [-0.15, -0.1) is 0 Å². The summed E-state index contributed by atoms with van der Waals surface area (Å²) < 4.78 is 5.38. The number of aromatic nitrogens is 2. The van der Waals surface area contributed by atoms with Crippen molar-refractivity contribution in [2.75, 3.05) is 19.6 Å². The summed E-state index contributed by atoms with van der Waals surface area (Å²) in [5.41, 5.74) is 10.3. The molecule has 1 aliphatic rings. The fourth-order valence-corrected chi connectivity index (χ4v) is 3.52. The van der Waals surface area contributed by atoms with Gasteiger partial charge in [-0.25, -0.2) is 4.98 Å². The SMILES string of the molecule is Cc1ccc(-c2cc(C(=O)N3CCC(CN)C3)c3c(C)noc3n2)cc1. The Balaban J connectivity index is 1.80. The molecule has 6 heteroatoms. The number of rotatable bonds is 3. The zero-order valence-corrected chi connectivity index (χ0v) is 15.0. The van der Waals surface area contributed by atoms with Gasteiger partial charge in [0.05, 0.1) is 22.3 Å². The van der Waals surface area contributed by atoms with Crippen LogP contribution in [-0.2, 0) is 0 Å². The maximum atomic E-state index is 13.2. The van der Waals surface area contributed by atoms with Crippen molar-refractivity contribution in [3.63, 3.8) is 0 Å². The number of amides is 1. The Morgan fingerprint density at radius 2 is 2.08 bits per heavy atom. The number of hydrogen-bond acceptors (Lipinski definition) is 5. The van der Waals surface area contributed by atoms with Gasteiger partial charge in [0, 0.05) is 18.7 Å². The molecular weight excluding hydrogens is 328 g/mol. The van der Waals surface area contributed by atoms with Crippen LogP contribution in [0.3, 0.4) is 0 Å². The van der Waals surface area contributed by atoms with Crippen LogP contribution in [0.2, 0.25) is 0 Å². The highest BCUT2D eigenvalue weighted by atomic mass is 16.5. The molecule has 0 saturated carbocycles. The van der Waals surface area contributed by atoms with Crippen LogP contribution in [0, 0.1) is 19.8 Å². The van der Waals surface area contributed by atoms with Crippen LogP contribution < -0.4 is 5.73 Å². The van der Waals surface area contributed by atoms with Crippen molar-refractivity contribution in [3.8, 4) is 11.3 Å². The fourth-order valence-electron chi connectivity index (χ4n) is 3.52. The molecule has 1 fully saturated rings. The van der Waals surface area contributed by atoms with Crippen molar-refractivity contribution in [2.45, 2.75) is 20.3 Å². The van der Waals surface area contributed by atoms with Crippen LogP contribution in [-0.4, -0.2) is 40.6 Å². The third kappa shape index (κ3) is 2.86. The highest BCUT2D eigenvalue weighted by Crippen LogP contribution is 2.29. The number of carbonyl (C=O) groups excluding carboxylic acids is 1. The van der Waals surface area contributed by atoms with E-state index in [1.54, 1.807) is 0 Å². The van der Waals surface area contributed by atoms with E-state index in [4.69, 9.17) is 10.3 Å². The van der Waals surface area contributed by atoms with Gasteiger partial charge in [-0.1, -0.05) is 35.0 Å². The van der Waals surface area contributed by atoms with Crippen molar-refractivity contribution in [3.05, 3.63) is 47.2 Å². The summed E-state index contributed by atoms with van der Waals surface area (Å²) in [6.45, 7) is 5.91. The first-order valence-electron chi connectivity index (χ1n) is 8.90. The number of nitrogens with two attached hydrogens (primary N) is 1. The molecule has 0 spiro atoms. The van der Waals surface area contributed by atoms with E-state index < -0.39 is 0 Å². The average Bonchev–Trinajstić information content (AvgIpc) is 3.28. The molecule has 1 unspecified atom stereocenters. The lowest BCUT2D eigenvalue weighted by Gasteiger charge is -2.17. The topological polar surface area (TPSA) is 85.2 Å². The molecule has 134 valence electrons. The molecule has 6 nitrogen and oxygen atoms in total. The average molecular weight is 350 g/mol. The Morgan fingerprint density at radius 3 is 2.77 bits per heavy atom. The second-order valence-corrected chi connectivity index (χ2v) is 7.01. The van der Waals surface area contributed by atoms with Crippen molar-refractivity contribution in [2.24, 2.45) is 11.7 Å². The van der Waals surface area contributed by atoms with Crippen LogP contribution in [0.15, 0.2) is 34.9 Å². The summed E-state index contributed by atoms with van der Waals surface area (Å²) in [4.78, 5) is 19.6. The Hall–Kier alpha value is -2.73. The van der Waals surface area contributed by atoms with Gasteiger partial charge in [-0.3, -0.25) is 4.79 Å². The third-order valence-electron chi connectivity index (χ3n) is 5.10. The molecule has 2 aromatic heterocycles. The maximum Gasteiger partial charge on any atom is 0.259 e. The van der Waals surface area contributed by atoms with Gasteiger partial charge in [0.15, 0.2) is 0 Å². The number of fused-ring (bicyclic) bond motifs is 1. The van der Waals surface area contributed by atoms with E-state index >= 15 is 0 Å². The molecule has 3 heterocycles. The minimum atomic E-state index is -0.00647. The lowest BCUT2D eigenvalue weighted by Crippen LogP contribution is -2.30. The van der Waals surface area contributed by atoms with Gasteiger partial charge in [0.25, 0.3) is 11.6 Å². The molecule has 1 amide bonds. The molecule has 4 rings (SSSR count). The standard InChI is InChI=1S/C20H22N4O2/c1-12-3-5-15(6-4-12)17-9-16(18-13(2)23-26-19(18)22-17)20(25)24-8-7-14(10-21)11-24/h3-6,9,14H,7-8,10-11,21H2,1-2H3. The maximum absolute atomic E-state index is 13.2. The molecule has 0 radical (unpaired) electrons. The number of benzene rings is 1. The molecule has 1 atom stereocenters. The monoisotopic (exact) mass is 350 g/mol. The largest absolute Gasteiger partial charge is 0.338 e. The van der Waals surface area contributed by atoms with Crippen molar-refractivity contribution < 1.29 is 9.32 Å². The van der Waals surface area contributed by atoms with Crippen LogP contribution in [0.25, 0.3) is 22.4 Å². The van der Waals surface area contributed by atoms with Gasteiger partial charge < -0.3 is 15.2 Å². The van der Waals surface area contributed by atoms with E-state index in [1.807, 2.05) is 49.1 Å². The molecule has 0 aliphatic carbocycles. The first-order valence-corrected chi connectivity index (χ1v) is 8.90. The molecule has 1 saturated heterocycles. The van der Waals surface area contributed by atoms with Gasteiger partial charge in [-0.2, -0.15) is 0 Å². The highest BCUT2D eigenvalue weighted by molar-refractivity contribution is 6.07. The molecule has 26 heavy (non-hydrogen) atoms. The third-order valence-corrected chi connectivity index (χ3v) is 5.10. The number of likely N-dealkylation sites (tertiary alicyclic amines) is 1. The Labute approximate surface area is 152 Å². The van der Waals surface area contributed by atoms with Crippen LogP contribution in [0.5, 0.6) is 0 Å². The summed E-state index contributed by atoms with van der Waals surface area (Å²) in [7, 11) is 0. The van der Waals surface area contributed by atoms with E-state index in [-0.39, 0.29) is 5.91 Å². The quantitative estimate of drug-likeness (QED) is 0.785. The molecule has 2 N–H and O–H groups in total. The summed E-state index contributed by atoms with van der Waals surface area (Å²) >= 11 is 0. The normalized spacial score (nSPS) is 17.2. The van der Waals surface area contributed by atoms with E-state index in [0.29, 0.717) is 47.1 Å². The molecule has 0 bridgehead atoms. The number of hydrogen-bond donors (Lipinski definition) is 1. The van der Waals surface area contributed by atoms with E-state index in [1.165, 1.54) is 5.56 Å². The first-order chi connectivity index (χ1) is 12.6. The lowest BCUT2D eigenvalue weighted by atomic mass is 10.0. The minimum Gasteiger partial charge on any atom is -0.338 e. The molecule has 1 aliphatic heterocycles. The Kier molecular flexibility index (Phi) is 4.20. The van der Waals surface area contributed by atoms with E-state index in [2.05, 4.69) is 10.1 Å². The molecule has 1 aromatic carbocycles. The minimum absolute atomic E-state index is 0.00647. The number of aryl methyl sites for hydroxylation is 2. The van der Waals surface area contributed by atoms with Crippen molar-refractivity contribution in [1.82, 2.24) is 15.0 Å². The summed E-state index contributed by atoms with van der Waals surface area (Å²) in [6.07, 6.45) is 0.948. The number of carbonyl (C=O) groups is 1. The van der Waals surface area contributed by atoms with Crippen LogP contribution >= 0.6 is 0 Å². The highest BCUT2D eigenvalue weighted by Gasteiger charge is 2.29. The van der Waals surface area contributed by atoms with Crippen LogP contribution in [0.4, 0.5) is 0 Å². The number of nitrogens with zero attached hydrogens (tertiary/aromatic N) is 3. The zero-order chi connectivity index (χ0) is 18.3. The van der Waals surface area contributed by atoms with E-state index in [0.717, 1.165) is 18.5 Å². The molecular formula is C20H22N4O2. The Morgan fingerprint density at radius 1 is 1.31 bits per heavy atom. The smallest absolute Gasteiger partial charge is 0.259 e. The van der Waals surface area contributed by atoms with Crippen LogP contribution in [0.1, 0.15) is 28.0 Å².